The van der Waals surface area contributed by atoms with E-state index in [1.807, 2.05) is 13.0 Å². The summed E-state index contributed by atoms with van der Waals surface area (Å²) in [5.74, 6) is 0.754. The molecule has 0 fully saturated rings. The largest absolute Gasteiger partial charge is 0.319 e. The highest BCUT2D eigenvalue weighted by Crippen LogP contribution is 2.24. The van der Waals surface area contributed by atoms with Crippen molar-refractivity contribution >= 4 is 0 Å². The molecule has 0 saturated carbocycles. The first-order valence-corrected chi connectivity index (χ1v) is 6.12. The van der Waals surface area contributed by atoms with Crippen LogP contribution in [0.15, 0.2) is 24.4 Å². The molecule has 2 N–H and O–H groups in total. The van der Waals surface area contributed by atoms with Gasteiger partial charge in [-0.25, -0.2) is 9.97 Å². The van der Waals surface area contributed by atoms with Crippen LogP contribution < -0.4 is 5.73 Å². The number of nitrogens with two attached hydrogens (primary N) is 1. The van der Waals surface area contributed by atoms with Gasteiger partial charge in [-0.1, -0.05) is 12.1 Å². The van der Waals surface area contributed by atoms with E-state index < -0.39 is 0 Å². The maximum absolute atomic E-state index is 6.31. The molecule has 0 aliphatic rings. The Balaban J connectivity index is 2.46. The smallest absolute Gasteiger partial charge is 0.125 e. The van der Waals surface area contributed by atoms with E-state index in [0.29, 0.717) is 0 Å². The molecule has 1 heterocycles. The lowest BCUT2D eigenvalue weighted by Gasteiger charge is -2.16. The molecule has 0 amide bonds. The Morgan fingerprint density at radius 2 is 1.67 bits per heavy atom. The molecule has 1 atom stereocenters. The van der Waals surface area contributed by atoms with Crippen molar-refractivity contribution in [2.24, 2.45) is 5.73 Å². The van der Waals surface area contributed by atoms with E-state index in [0.717, 1.165) is 17.1 Å². The molecule has 1 aromatic heterocycles. The van der Waals surface area contributed by atoms with Crippen LogP contribution in [0.3, 0.4) is 0 Å². The summed E-state index contributed by atoms with van der Waals surface area (Å²) in [7, 11) is 0. The Hall–Kier alpha value is -1.74. The van der Waals surface area contributed by atoms with Gasteiger partial charge in [0.05, 0.1) is 11.7 Å². The van der Waals surface area contributed by atoms with Crippen molar-refractivity contribution < 1.29 is 0 Å². The molecule has 0 spiro atoms. The third-order valence-electron chi connectivity index (χ3n) is 3.33. The zero-order valence-corrected chi connectivity index (χ0v) is 11.4. The van der Waals surface area contributed by atoms with E-state index in [2.05, 4.69) is 42.9 Å². The fourth-order valence-corrected chi connectivity index (χ4v) is 2.12. The molecule has 0 radical (unpaired) electrons. The van der Waals surface area contributed by atoms with Crippen molar-refractivity contribution in [3.63, 3.8) is 0 Å². The molecule has 2 rings (SSSR count). The Morgan fingerprint density at radius 3 is 2.33 bits per heavy atom. The molecule has 3 heteroatoms. The fourth-order valence-electron chi connectivity index (χ4n) is 2.12. The molecule has 0 aliphatic heterocycles. The SMILES string of the molecule is Cc1nccc(C(N)c2cc(C)c(C)cc2C)n1. The van der Waals surface area contributed by atoms with Crippen molar-refractivity contribution in [3.05, 3.63) is 58.2 Å². The van der Waals surface area contributed by atoms with Crippen molar-refractivity contribution in [2.75, 3.05) is 0 Å². The van der Waals surface area contributed by atoms with E-state index in [1.54, 1.807) is 6.20 Å². The molecule has 0 aliphatic carbocycles. The van der Waals surface area contributed by atoms with E-state index in [1.165, 1.54) is 16.7 Å². The van der Waals surface area contributed by atoms with Gasteiger partial charge >= 0.3 is 0 Å². The van der Waals surface area contributed by atoms with E-state index in [4.69, 9.17) is 5.73 Å². The Labute approximate surface area is 108 Å². The fraction of sp³-hybridized carbons (Fsp3) is 0.333. The van der Waals surface area contributed by atoms with Crippen molar-refractivity contribution in [1.82, 2.24) is 9.97 Å². The number of rotatable bonds is 2. The van der Waals surface area contributed by atoms with Gasteiger partial charge in [-0.05, 0) is 56.0 Å². The zero-order chi connectivity index (χ0) is 13.3. The van der Waals surface area contributed by atoms with Gasteiger partial charge in [-0.15, -0.1) is 0 Å². The number of hydrogen-bond donors (Lipinski definition) is 1. The highest BCUT2D eigenvalue weighted by Gasteiger charge is 2.14. The van der Waals surface area contributed by atoms with Crippen LogP contribution >= 0.6 is 0 Å². The second-order valence-corrected chi connectivity index (χ2v) is 4.80. The maximum atomic E-state index is 6.31. The van der Waals surface area contributed by atoms with Gasteiger partial charge in [0, 0.05) is 6.20 Å². The monoisotopic (exact) mass is 241 g/mol. The highest BCUT2D eigenvalue weighted by molar-refractivity contribution is 5.40. The number of hydrogen-bond acceptors (Lipinski definition) is 3. The molecular weight excluding hydrogens is 222 g/mol. The van der Waals surface area contributed by atoms with Crippen molar-refractivity contribution in [1.29, 1.82) is 0 Å². The third kappa shape index (κ3) is 2.41. The molecule has 1 unspecified atom stereocenters. The molecule has 0 bridgehead atoms. The van der Waals surface area contributed by atoms with Crippen LogP contribution in [0, 0.1) is 27.7 Å². The highest BCUT2D eigenvalue weighted by atomic mass is 14.9. The number of benzene rings is 1. The predicted molar refractivity (Wildman–Crippen MR) is 73.5 cm³/mol. The van der Waals surface area contributed by atoms with Gasteiger partial charge in [-0.3, -0.25) is 0 Å². The van der Waals surface area contributed by atoms with Crippen LogP contribution in [-0.4, -0.2) is 9.97 Å². The van der Waals surface area contributed by atoms with E-state index in [9.17, 15) is 0 Å². The minimum Gasteiger partial charge on any atom is -0.319 e. The second kappa shape index (κ2) is 4.86. The molecule has 18 heavy (non-hydrogen) atoms. The van der Waals surface area contributed by atoms with Crippen LogP contribution in [0.4, 0.5) is 0 Å². The lowest BCUT2D eigenvalue weighted by atomic mass is 9.94. The first-order chi connectivity index (χ1) is 8.49. The van der Waals surface area contributed by atoms with Crippen LogP contribution in [-0.2, 0) is 0 Å². The quantitative estimate of drug-likeness (QED) is 0.879. The van der Waals surface area contributed by atoms with Crippen molar-refractivity contribution in [2.45, 2.75) is 33.7 Å². The minimum absolute atomic E-state index is 0.189. The lowest BCUT2D eigenvalue weighted by Crippen LogP contribution is -2.16. The summed E-state index contributed by atoms with van der Waals surface area (Å²) in [4.78, 5) is 8.51. The molecule has 94 valence electrons. The van der Waals surface area contributed by atoms with E-state index >= 15 is 0 Å². The normalized spacial score (nSPS) is 12.5. The van der Waals surface area contributed by atoms with Gasteiger partial charge in [0.15, 0.2) is 0 Å². The molecule has 2 aromatic rings. The van der Waals surface area contributed by atoms with Crippen molar-refractivity contribution in [3.8, 4) is 0 Å². The zero-order valence-electron chi connectivity index (χ0n) is 11.4. The number of aryl methyl sites for hydroxylation is 4. The number of nitrogens with zero attached hydrogens (tertiary/aromatic N) is 2. The molecular formula is C15H19N3. The van der Waals surface area contributed by atoms with Gasteiger partial charge in [0.1, 0.15) is 5.82 Å². The molecule has 1 aromatic carbocycles. The predicted octanol–water partition coefficient (Wildman–Crippen LogP) is 2.76. The van der Waals surface area contributed by atoms with E-state index in [-0.39, 0.29) is 6.04 Å². The first-order valence-electron chi connectivity index (χ1n) is 6.12. The summed E-state index contributed by atoms with van der Waals surface area (Å²) in [5.41, 5.74) is 12.1. The van der Waals surface area contributed by atoms with Crippen LogP contribution in [0.25, 0.3) is 0 Å². The summed E-state index contributed by atoms with van der Waals surface area (Å²) < 4.78 is 0. The van der Waals surface area contributed by atoms with Crippen LogP contribution in [0.1, 0.15) is 39.8 Å². The Bertz CT molecular complexity index is 576. The summed E-state index contributed by atoms with van der Waals surface area (Å²) in [6.45, 7) is 8.20. The number of aromatic nitrogens is 2. The van der Waals surface area contributed by atoms with Crippen LogP contribution in [0.2, 0.25) is 0 Å². The topological polar surface area (TPSA) is 51.8 Å². The minimum atomic E-state index is -0.189. The van der Waals surface area contributed by atoms with Crippen LogP contribution in [0.5, 0.6) is 0 Å². The summed E-state index contributed by atoms with van der Waals surface area (Å²) >= 11 is 0. The second-order valence-electron chi connectivity index (χ2n) is 4.80. The van der Waals surface area contributed by atoms with Gasteiger partial charge < -0.3 is 5.73 Å². The Morgan fingerprint density at radius 1 is 1.00 bits per heavy atom. The average molecular weight is 241 g/mol. The maximum Gasteiger partial charge on any atom is 0.125 e. The molecule has 3 nitrogen and oxygen atoms in total. The first kappa shape index (κ1) is 12.7. The summed E-state index contributed by atoms with van der Waals surface area (Å²) in [6.07, 6.45) is 1.76. The van der Waals surface area contributed by atoms with Gasteiger partial charge in [0.2, 0.25) is 0 Å². The molecule has 0 saturated heterocycles. The average Bonchev–Trinajstić information content (AvgIpc) is 2.33. The summed E-state index contributed by atoms with van der Waals surface area (Å²) in [6, 6.07) is 6.03. The third-order valence-corrected chi connectivity index (χ3v) is 3.33. The summed E-state index contributed by atoms with van der Waals surface area (Å²) in [5, 5.41) is 0. The standard InChI is InChI=1S/C15H19N3/c1-9-7-11(3)13(8-10(9)2)15(16)14-5-6-17-12(4)18-14/h5-8,15H,16H2,1-4H3. The van der Waals surface area contributed by atoms with Gasteiger partial charge in [0.25, 0.3) is 0 Å². The lowest BCUT2D eigenvalue weighted by molar-refractivity contribution is 0.799. The van der Waals surface area contributed by atoms with Gasteiger partial charge in [-0.2, -0.15) is 0 Å². The Kier molecular flexibility index (Phi) is 3.43.